The number of carbonyl (C=O) groups is 1. The van der Waals surface area contributed by atoms with E-state index in [2.05, 4.69) is 31.4 Å². The Morgan fingerprint density at radius 2 is 2.27 bits per heavy atom. The number of H-pyrrole nitrogens is 1. The number of hydrogen-bond acceptors (Lipinski definition) is 5. The Bertz CT molecular complexity index is 1170. The highest BCUT2D eigenvalue weighted by Crippen LogP contribution is 2.22. The lowest BCUT2D eigenvalue weighted by molar-refractivity contribution is -0.120. The maximum atomic E-state index is 12.2. The zero-order valence-electron chi connectivity index (χ0n) is 14.0. The summed E-state index contributed by atoms with van der Waals surface area (Å²) in [5.74, 6) is 0.403. The van der Waals surface area contributed by atoms with E-state index in [4.69, 9.17) is 5.26 Å². The van der Waals surface area contributed by atoms with Crippen molar-refractivity contribution in [1.29, 1.82) is 5.26 Å². The number of nitriles is 1. The first-order valence-corrected chi connectivity index (χ1v) is 8.05. The number of aryl methyl sites for hydroxylation is 1. The highest BCUT2D eigenvalue weighted by Gasteiger charge is 2.12. The first-order valence-electron chi connectivity index (χ1n) is 8.05. The SMILES string of the molecule is Cn1ccc(CNC(=O)Cc2nc3c(cnc4ccc(C#N)cc43)[nH]2)n1. The van der Waals surface area contributed by atoms with Gasteiger partial charge in [-0.2, -0.15) is 10.4 Å². The molecule has 0 atom stereocenters. The van der Waals surface area contributed by atoms with E-state index in [1.54, 1.807) is 29.1 Å². The number of rotatable bonds is 4. The smallest absolute Gasteiger partial charge is 0.227 e. The molecule has 4 rings (SSSR count). The predicted octanol–water partition coefficient (Wildman–Crippen LogP) is 1.58. The molecule has 128 valence electrons. The van der Waals surface area contributed by atoms with Gasteiger partial charge in [-0.1, -0.05) is 0 Å². The van der Waals surface area contributed by atoms with Crippen LogP contribution in [0.15, 0.2) is 36.7 Å². The number of nitrogens with zero attached hydrogens (tertiary/aromatic N) is 5. The van der Waals surface area contributed by atoms with Crippen molar-refractivity contribution in [1.82, 2.24) is 30.0 Å². The Morgan fingerprint density at radius 1 is 1.38 bits per heavy atom. The summed E-state index contributed by atoms with van der Waals surface area (Å²) in [6, 6.07) is 9.25. The summed E-state index contributed by atoms with van der Waals surface area (Å²) in [6.07, 6.45) is 3.64. The molecule has 8 heteroatoms. The van der Waals surface area contributed by atoms with Gasteiger partial charge in [0.1, 0.15) is 5.82 Å². The number of hydrogen-bond donors (Lipinski definition) is 2. The van der Waals surface area contributed by atoms with Gasteiger partial charge < -0.3 is 10.3 Å². The van der Waals surface area contributed by atoms with Gasteiger partial charge in [-0.3, -0.25) is 14.5 Å². The van der Waals surface area contributed by atoms with Crippen molar-refractivity contribution in [2.45, 2.75) is 13.0 Å². The molecule has 2 N–H and O–H groups in total. The van der Waals surface area contributed by atoms with Gasteiger partial charge in [0.15, 0.2) is 0 Å². The Morgan fingerprint density at radius 3 is 3.04 bits per heavy atom. The molecule has 1 amide bonds. The number of amides is 1. The molecule has 0 radical (unpaired) electrons. The highest BCUT2D eigenvalue weighted by molar-refractivity contribution is 6.02. The van der Waals surface area contributed by atoms with Crippen molar-refractivity contribution in [3.8, 4) is 6.07 Å². The number of imidazole rings is 1. The fourth-order valence-corrected chi connectivity index (χ4v) is 2.82. The van der Waals surface area contributed by atoms with Gasteiger partial charge in [0.25, 0.3) is 0 Å². The molecule has 0 fully saturated rings. The normalized spacial score (nSPS) is 10.9. The van der Waals surface area contributed by atoms with E-state index in [1.807, 2.05) is 19.3 Å². The molecule has 0 unspecified atom stereocenters. The van der Waals surface area contributed by atoms with Gasteiger partial charge in [-0.15, -0.1) is 0 Å². The van der Waals surface area contributed by atoms with Crippen molar-refractivity contribution in [2.24, 2.45) is 7.05 Å². The zero-order chi connectivity index (χ0) is 18.1. The van der Waals surface area contributed by atoms with Crippen LogP contribution in [0.5, 0.6) is 0 Å². The zero-order valence-corrected chi connectivity index (χ0v) is 14.0. The molecule has 0 aliphatic heterocycles. The molecule has 4 aromatic rings. The quantitative estimate of drug-likeness (QED) is 0.583. The van der Waals surface area contributed by atoms with E-state index < -0.39 is 0 Å². The minimum Gasteiger partial charge on any atom is -0.350 e. The van der Waals surface area contributed by atoms with Crippen LogP contribution in [-0.4, -0.2) is 30.6 Å². The van der Waals surface area contributed by atoms with Crippen LogP contribution < -0.4 is 5.32 Å². The molecule has 0 saturated heterocycles. The van der Waals surface area contributed by atoms with Crippen molar-refractivity contribution in [2.75, 3.05) is 0 Å². The van der Waals surface area contributed by atoms with Crippen molar-refractivity contribution in [3.63, 3.8) is 0 Å². The van der Waals surface area contributed by atoms with Crippen LogP contribution >= 0.6 is 0 Å². The summed E-state index contributed by atoms with van der Waals surface area (Å²) >= 11 is 0. The van der Waals surface area contributed by atoms with Gasteiger partial charge in [-0.25, -0.2) is 4.98 Å². The lowest BCUT2D eigenvalue weighted by Crippen LogP contribution is -2.25. The average Bonchev–Trinajstić information content (AvgIpc) is 3.25. The Balaban J connectivity index is 1.56. The molecule has 26 heavy (non-hydrogen) atoms. The minimum absolute atomic E-state index is 0.126. The fraction of sp³-hybridized carbons (Fsp3) is 0.167. The van der Waals surface area contributed by atoms with E-state index in [9.17, 15) is 4.79 Å². The summed E-state index contributed by atoms with van der Waals surface area (Å²) in [7, 11) is 1.83. The number of nitrogens with one attached hydrogen (secondary N) is 2. The molecule has 8 nitrogen and oxygen atoms in total. The summed E-state index contributed by atoms with van der Waals surface area (Å²) in [4.78, 5) is 24.2. The number of pyridine rings is 1. The molecule has 0 spiro atoms. The van der Waals surface area contributed by atoms with Gasteiger partial charge >= 0.3 is 0 Å². The summed E-state index contributed by atoms with van der Waals surface area (Å²) < 4.78 is 1.69. The van der Waals surface area contributed by atoms with Crippen LogP contribution in [0.3, 0.4) is 0 Å². The average molecular weight is 345 g/mol. The predicted molar refractivity (Wildman–Crippen MR) is 94.9 cm³/mol. The van der Waals surface area contributed by atoms with Crippen molar-refractivity contribution < 1.29 is 4.79 Å². The van der Waals surface area contributed by atoms with Crippen LogP contribution in [0.4, 0.5) is 0 Å². The van der Waals surface area contributed by atoms with E-state index >= 15 is 0 Å². The topological polar surface area (TPSA) is 112 Å². The van der Waals surface area contributed by atoms with Crippen LogP contribution in [0.2, 0.25) is 0 Å². The second-order valence-electron chi connectivity index (χ2n) is 5.98. The third-order valence-corrected chi connectivity index (χ3v) is 4.06. The van der Waals surface area contributed by atoms with Gasteiger partial charge in [0.05, 0.1) is 53.0 Å². The molecule has 0 aliphatic carbocycles. The lowest BCUT2D eigenvalue weighted by Gasteiger charge is -2.01. The fourth-order valence-electron chi connectivity index (χ4n) is 2.82. The third kappa shape index (κ3) is 2.98. The number of carbonyl (C=O) groups excluding carboxylic acids is 1. The molecule has 3 heterocycles. The third-order valence-electron chi connectivity index (χ3n) is 4.06. The lowest BCUT2D eigenvalue weighted by atomic mass is 10.1. The molecule has 1 aromatic carbocycles. The summed E-state index contributed by atoms with van der Waals surface area (Å²) in [5.41, 5.74) is 3.54. The largest absolute Gasteiger partial charge is 0.350 e. The van der Waals surface area contributed by atoms with Gasteiger partial charge in [0.2, 0.25) is 5.91 Å². The van der Waals surface area contributed by atoms with E-state index in [0.717, 1.165) is 22.1 Å². The van der Waals surface area contributed by atoms with Gasteiger partial charge in [0, 0.05) is 18.6 Å². The van der Waals surface area contributed by atoms with Crippen LogP contribution in [-0.2, 0) is 24.8 Å². The molecule has 3 aromatic heterocycles. The number of aromatic nitrogens is 5. The Kier molecular flexibility index (Phi) is 3.82. The Labute approximate surface area is 148 Å². The first kappa shape index (κ1) is 15.8. The molecular weight excluding hydrogens is 330 g/mol. The minimum atomic E-state index is -0.148. The molecule has 0 aliphatic rings. The van der Waals surface area contributed by atoms with E-state index in [1.165, 1.54) is 0 Å². The maximum Gasteiger partial charge on any atom is 0.227 e. The second-order valence-corrected chi connectivity index (χ2v) is 5.98. The Hall–Kier alpha value is -3.73. The van der Waals surface area contributed by atoms with Crippen LogP contribution in [0.1, 0.15) is 17.1 Å². The van der Waals surface area contributed by atoms with Gasteiger partial charge in [-0.05, 0) is 24.3 Å². The van der Waals surface area contributed by atoms with Crippen molar-refractivity contribution in [3.05, 3.63) is 53.7 Å². The van der Waals surface area contributed by atoms with E-state index in [0.29, 0.717) is 23.4 Å². The second kappa shape index (κ2) is 6.29. The highest BCUT2D eigenvalue weighted by atomic mass is 16.1. The standard InChI is InChI=1S/C18H15N7O/c1-25-5-4-12(24-25)9-21-17(26)7-16-22-15-10-20-14-3-2-11(8-19)6-13(14)18(15)23-16/h2-6,10H,7,9H2,1H3,(H,21,26)(H,22,23). The molecule has 0 bridgehead atoms. The van der Waals surface area contributed by atoms with Crippen molar-refractivity contribution >= 4 is 27.8 Å². The number of aromatic amines is 1. The molecule has 0 saturated carbocycles. The van der Waals surface area contributed by atoms with E-state index in [-0.39, 0.29) is 12.3 Å². The maximum absolute atomic E-state index is 12.2. The first-order chi connectivity index (χ1) is 12.6. The summed E-state index contributed by atoms with van der Waals surface area (Å²) in [5, 5.41) is 16.9. The number of benzene rings is 1. The van der Waals surface area contributed by atoms with Crippen LogP contribution in [0.25, 0.3) is 21.9 Å². The summed E-state index contributed by atoms with van der Waals surface area (Å²) in [6.45, 7) is 0.371. The monoisotopic (exact) mass is 345 g/mol. The number of fused-ring (bicyclic) bond motifs is 3. The van der Waals surface area contributed by atoms with Crippen LogP contribution in [0, 0.1) is 11.3 Å². The molecular formula is C18H15N7O.